The highest BCUT2D eigenvalue weighted by atomic mass is 32.2. The summed E-state index contributed by atoms with van der Waals surface area (Å²) in [7, 11) is -0.725. The number of hydrogen-bond acceptors (Lipinski definition) is 6. The number of nitrogens with zero attached hydrogens (tertiary/aromatic N) is 3. The number of aliphatic hydroxyl groups excluding tert-OH is 1. The Hall–Kier alpha value is -1.97. The van der Waals surface area contributed by atoms with Gasteiger partial charge in [0.25, 0.3) is 0 Å². The second-order valence-corrected chi connectivity index (χ2v) is 6.04. The van der Waals surface area contributed by atoms with Crippen LogP contribution in [0, 0.1) is 0 Å². The number of aryl methyl sites for hydroxylation is 1. The summed E-state index contributed by atoms with van der Waals surface area (Å²) in [6, 6.07) is 4.46. The van der Waals surface area contributed by atoms with Crippen LogP contribution in [0.5, 0.6) is 5.75 Å². The van der Waals surface area contributed by atoms with Crippen LogP contribution in [-0.2, 0) is 30.2 Å². The summed E-state index contributed by atoms with van der Waals surface area (Å²) in [6.07, 6.45) is 1.48. The molecule has 0 spiro atoms. The van der Waals surface area contributed by atoms with Crippen LogP contribution < -0.4 is 9.46 Å². The van der Waals surface area contributed by atoms with Crippen molar-refractivity contribution < 1.29 is 18.3 Å². The first-order chi connectivity index (χ1) is 9.96. The minimum Gasteiger partial charge on any atom is -0.495 e. The second-order valence-electron chi connectivity index (χ2n) is 4.30. The van der Waals surface area contributed by atoms with E-state index in [2.05, 4.69) is 14.8 Å². The number of aliphatic hydroxyl groups is 1. The average molecular weight is 312 g/mol. The van der Waals surface area contributed by atoms with Gasteiger partial charge in [-0.25, -0.2) is 18.1 Å². The molecule has 0 amide bonds. The first kappa shape index (κ1) is 15.4. The largest absolute Gasteiger partial charge is 0.495 e. The molecule has 0 bridgehead atoms. The van der Waals surface area contributed by atoms with E-state index in [1.165, 1.54) is 30.3 Å². The van der Waals surface area contributed by atoms with Crippen molar-refractivity contribution in [3.63, 3.8) is 0 Å². The molecule has 114 valence electrons. The van der Waals surface area contributed by atoms with Crippen LogP contribution in [0.4, 0.5) is 0 Å². The van der Waals surface area contributed by atoms with Crippen LogP contribution in [0.25, 0.3) is 0 Å². The van der Waals surface area contributed by atoms with Crippen LogP contribution in [0.3, 0.4) is 0 Å². The van der Waals surface area contributed by atoms with Gasteiger partial charge in [0, 0.05) is 7.05 Å². The number of rotatable bonds is 6. The Labute approximate surface area is 122 Å². The van der Waals surface area contributed by atoms with E-state index in [0.29, 0.717) is 11.4 Å². The van der Waals surface area contributed by atoms with Gasteiger partial charge in [0.05, 0.1) is 20.3 Å². The maximum atomic E-state index is 12.3. The molecule has 0 saturated carbocycles. The molecule has 0 radical (unpaired) electrons. The molecule has 0 saturated heterocycles. The molecule has 21 heavy (non-hydrogen) atoms. The quantitative estimate of drug-likeness (QED) is 0.765. The molecular formula is C12H16N4O4S. The Balaban J connectivity index is 2.26. The van der Waals surface area contributed by atoms with Gasteiger partial charge in [0.15, 0.2) is 5.82 Å². The zero-order chi connectivity index (χ0) is 15.5. The van der Waals surface area contributed by atoms with Gasteiger partial charge in [-0.2, -0.15) is 5.10 Å². The van der Waals surface area contributed by atoms with Gasteiger partial charge in [-0.05, 0) is 17.7 Å². The summed E-state index contributed by atoms with van der Waals surface area (Å²) in [6.45, 7) is -0.288. The van der Waals surface area contributed by atoms with Crippen molar-refractivity contribution in [3.8, 4) is 5.75 Å². The van der Waals surface area contributed by atoms with Crippen LogP contribution in [0.1, 0.15) is 11.4 Å². The van der Waals surface area contributed by atoms with Crippen LogP contribution in [0.2, 0.25) is 0 Å². The molecule has 2 N–H and O–H groups in total. The highest BCUT2D eigenvalue weighted by Gasteiger charge is 2.20. The fourth-order valence-corrected chi connectivity index (χ4v) is 2.93. The molecule has 0 aliphatic heterocycles. The Morgan fingerprint density at radius 3 is 2.76 bits per heavy atom. The van der Waals surface area contributed by atoms with Gasteiger partial charge in [0.2, 0.25) is 10.0 Å². The van der Waals surface area contributed by atoms with Gasteiger partial charge < -0.3 is 9.84 Å². The number of sulfonamides is 1. The lowest BCUT2D eigenvalue weighted by Gasteiger charge is -2.11. The topological polar surface area (TPSA) is 106 Å². The fraction of sp³-hybridized carbons (Fsp3) is 0.333. The van der Waals surface area contributed by atoms with Crippen molar-refractivity contribution in [2.75, 3.05) is 7.11 Å². The van der Waals surface area contributed by atoms with Crippen LogP contribution in [0.15, 0.2) is 29.4 Å². The van der Waals surface area contributed by atoms with E-state index in [1.54, 1.807) is 13.1 Å². The molecule has 0 atom stereocenters. The Morgan fingerprint density at radius 1 is 1.43 bits per heavy atom. The van der Waals surface area contributed by atoms with Crippen LogP contribution in [-0.4, -0.2) is 35.4 Å². The van der Waals surface area contributed by atoms with Gasteiger partial charge >= 0.3 is 0 Å². The summed E-state index contributed by atoms with van der Waals surface area (Å²) >= 11 is 0. The molecule has 2 aromatic rings. The summed E-state index contributed by atoms with van der Waals surface area (Å²) in [5.41, 5.74) is 0.479. The number of aromatic nitrogens is 3. The Morgan fingerprint density at radius 2 is 2.19 bits per heavy atom. The minimum absolute atomic E-state index is 0.0321. The molecule has 9 heteroatoms. The minimum atomic E-state index is -3.80. The smallest absolute Gasteiger partial charge is 0.244 e. The van der Waals surface area contributed by atoms with Crippen molar-refractivity contribution in [3.05, 3.63) is 35.9 Å². The summed E-state index contributed by atoms with van der Waals surface area (Å²) in [4.78, 5) is 3.91. The van der Waals surface area contributed by atoms with Crippen molar-refractivity contribution in [2.45, 2.75) is 18.0 Å². The third-order valence-electron chi connectivity index (χ3n) is 2.77. The molecule has 8 nitrogen and oxygen atoms in total. The molecule has 0 fully saturated rings. The second kappa shape index (κ2) is 6.20. The van der Waals surface area contributed by atoms with Crippen molar-refractivity contribution in [1.82, 2.24) is 19.5 Å². The van der Waals surface area contributed by atoms with E-state index >= 15 is 0 Å². The average Bonchev–Trinajstić information content (AvgIpc) is 2.90. The molecule has 0 unspecified atom stereocenters. The van der Waals surface area contributed by atoms with E-state index in [9.17, 15) is 8.42 Å². The first-order valence-corrected chi connectivity index (χ1v) is 7.56. The zero-order valence-corrected chi connectivity index (χ0v) is 12.5. The summed E-state index contributed by atoms with van der Waals surface area (Å²) in [5, 5.41) is 13.1. The first-order valence-electron chi connectivity index (χ1n) is 6.08. The molecule has 0 aliphatic carbocycles. The number of benzene rings is 1. The van der Waals surface area contributed by atoms with Crippen molar-refractivity contribution in [1.29, 1.82) is 0 Å². The highest BCUT2D eigenvalue weighted by Crippen LogP contribution is 2.24. The lowest BCUT2D eigenvalue weighted by molar-refractivity contribution is 0.281. The predicted molar refractivity (Wildman–Crippen MR) is 73.9 cm³/mol. The van der Waals surface area contributed by atoms with E-state index in [-0.39, 0.29) is 23.8 Å². The fourth-order valence-electron chi connectivity index (χ4n) is 1.73. The lowest BCUT2D eigenvalue weighted by atomic mass is 10.2. The predicted octanol–water partition coefficient (Wildman–Crippen LogP) is -0.206. The van der Waals surface area contributed by atoms with E-state index in [0.717, 1.165) is 0 Å². The molecule has 1 aromatic carbocycles. The molecule has 0 aliphatic rings. The number of methoxy groups -OCH3 is 1. The van der Waals surface area contributed by atoms with Crippen molar-refractivity contribution in [2.24, 2.45) is 7.05 Å². The van der Waals surface area contributed by atoms with Crippen LogP contribution >= 0.6 is 0 Å². The maximum absolute atomic E-state index is 12.3. The zero-order valence-electron chi connectivity index (χ0n) is 11.6. The monoisotopic (exact) mass is 312 g/mol. The highest BCUT2D eigenvalue weighted by molar-refractivity contribution is 7.89. The third kappa shape index (κ3) is 3.57. The number of hydrogen-bond donors (Lipinski definition) is 2. The maximum Gasteiger partial charge on any atom is 0.244 e. The number of ether oxygens (including phenoxy) is 1. The van der Waals surface area contributed by atoms with E-state index < -0.39 is 10.0 Å². The molecular weight excluding hydrogens is 296 g/mol. The molecule has 1 heterocycles. The lowest BCUT2D eigenvalue weighted by Crippen LogP contribution is -2.24. The Bertz CT molecular complexity index is 727. The van der Waals surface area contributed by atoms with Crippen molar-refractivity contribution >= 4 is 10.0 Å². The van der Waals surface area contributed by atoms with Gasteiger partial charge in [0.1, 0.15) is 17.0 Å². The van der Waals surface area contributed by atoms with E-state index in [4.69, 9.17) is 9.84 Å². The normalized spacial score (nSPS) is 11.6. The van der Waals surface area contributed by atoms with E-state index in [1.807, 2.05) is 0 Å². The molecule has 1 aromatic heterocycles. The number of nitrogens with one attached hydrogen (secondary N) is 1. The standard InChI is InChI=1S/C12H16N4O4S/c1-16-8-13-12(15-16)6-14-21(18,19)11-5-9(7-17)3-4-10(11)20-2/h3-5,8,14,17H,6-7H2,1-2H3. The summed E-state index contributed by atoms with van der Waals surface area (Å²) < 4.78 is 33.6. The Kier molecular flexibility index (Phi) is 4.56. The van der Waals surface area contributed by atoms with Gasteiger partial charge in [-0.3, -0.25) is 4.68 Å². The molecule has 2 rings (SSSR count). The summed E-state index contributed by atoms with van der Waals surface area (Å²) in [5.74, 6) is 0.562. The third-order valence-corrected chi connectivity index (χ3v) is 4.19. The van der Waals surface area contributed by atoms with Gasteiger partial charge in [-0.1, -0.05) is 6.07 Å². The SMILES string of the molecule is COc1ccc(CO)cc1S(=O)(=O)NCc1ncn(C)n1. The van der Waals surface area contributed by atoms with Gasteiger partial charge in [-0.15, -0.1) is 0 Å².